The van der Waals surface area contributed by atoms with E-state index in [9.17, 15) is 14.4 Å². The number of carboxylic acid groups (broad SMARTS) is 2. The van der Waals surface area contributed by atoms with Crippen molar-refractivity contribution in [3.05, 3.63) is 35.9 Å². The van der Waals surface area contributed by atoms with Gasteiger partial charge in [0.15, 0.2) is 0 Å². The van der Waals surface area contributed by atoms with Crippen LogP contribution in [0.15, 0.2) is 30.3 Å². The summed E-state index contributed by atoms with van der Waals surface area (Å²) >= 11 is 0. The number of ether oxygens (including phenoxy) is 1. The zero-order valence-corrected chi connectivity index (χ0v) is 18.4. The molecule has 0 saturated heterocycles. The molecule has 0 saturated carbocycles. The van der Waals surface area contributed by atoms with Crippen LogP contribution in [0.2, 0.25) is 0 Å². The van der Waals surface area contributed by atoms with E-state index in [0.717, 1.165) is 5.56 Å². The zero-order chi connectivity index (χ0) is 23.9. The monoisotopic (exact) mass is 427 g/mol. The van der Waals surface area contributed by atoms with Crippen molar-refractivity contribution in [2.75, 3.05) is 7.11 Å². The molecule has 8 N–H and O–H groups in total. The Morgan fingerprint density at radius 2 is 1.40 bits per heavy atom. The Bertz CT molecular complexity index is 622. The van der Waals surface area contributed by atoms with Gasteiger partial charge in [-0.25, -0.2) is 0 Å². The van der Waals surface area contributed by atoms with E-state index in [4.69, 9.17) is 27.4 Å². The lowest BCUT2D eigenvalue weighted by atomic mass is 10.1. The summed E-state index contributed by atoms with van der Waals surface area (Å²) in [6.45, 7) is 7.45. The quantitative estimate of drug-likeness (QED) is 0.381. The fourth-order valence-electron chi connectivity index (χ4n) is 2.00. The van der Waals surface area contributed by atoms with Gasteiger partial charge in [0.25, 0.3) is 0 Å². The molecule has 0 spiro atoms. The van der Waals surface area contributed by atoms with Crippen molar-refractivity contribution in [3.8, 4) is 0 Å². The molecule has 1 aromatic rings. The summed E-state index contributed by atoms with van der Waals surface area (Å²) in [6.07, 6.45) is 1.07. The fraction of sp³-hybridized carbons (Fsp3) is 0.571. The first-order chi connectivity index (χ1) is 13.8. The molecule has 0 amide bonds. The summed E-state index contributed by atoms with van der Waals surface area (Å²) in [5.41, 5.74) is 17.0. The van der Waals surface area contributed by atoms with E-state index in [0.29, 0.717) is 18.8 Å². The smallest absolute Gasteiger partial charge is 0.322 e. The van der Waals surface area contributed by atoms with Crippen molar-refractivity contribution in [3.63, 3.8) is 0 Å². The van der Waals surface area contributed by atoms with E-state index >= 15 is 0 Å². The minimum Gasteiger partial charge on any atom is -0.480 e. The van der Waals surface area contributed by atoms with Crippen LogP contribution in [0.4, 0.5) is 0 Å². The Hall–Kier alpha value is -2.49. The van der Waals surface area contributed by atoms with Crippen LogP contribution in [-0.4, -0.2) is 53.4 Å². The van der Waals surface area contributed by atoms with E-state index in [1.54, 1.807) is 13.8 Å². The maximum atomic E-state index is 11.0. The van der Waals surface area contributed by atoms with Crippen LogP contribution < -0.4 is 17.2 Å². The zero-order valence-electron chi connectivity index (χ0n) is 18.4. The van der Waals surface area contributed by atoms with Crippen molar-refractivity contribution in [2.24, 2.45) is 29.0 Å². The summed E-state index contributed by atoms with van der Waals surface area (Å²) in [5, 5.41) is 16.5. The largest absolute Gasteiger partial charge is 0.480 e. The first-order valence-electron chi connectivity index (χ1n) is 9.67. The van der Waals surface area contributed by atoms with Crippen LogP contribution in [0.1, 0.15) is 39.7 Å². The Balaban J connectivity index is 0. The van der Waals surface area contributed by atoms with E-state index in [2.05, 4.69) is 4.74 Å². The van der Waals surface area contributed by atoms with Crippen LogP contribution in [0.5, 0.6) is 0 Å². The molecule has 9 heteroatoms. The van der Waals surface area contributed by atoms with Gasteiger partial charge in [0.05, 0.1) is 7.11 Å². The molecule has 0 aliphatic rings. The molecule has 0 unspecified atom stereocenters. The first kappa shape index (κ1) is 29.7. The van der Waals surface area contributed by atoms with Gasteiger partial charge in [-0.2, -0.15) is 0 Å². The normalized spacial score (nSPS) is 13.1. The predicted molar refractivity (Wildman–Crippen MR) is 116 cm³/mol. The lowest BCUT2D eigenvalue weighted by Gasteiger charge is -2.08. The van der Waals surface area contributed by atoms with Gasteiger partial charge in [-0.15, -0.1) is 0 Å². The molecule has 30 heavy (non-hydrogen) atoms. The molecule has 3 atom stereocenters. The van der Waals surface area contributed by atoms with Crippen molar-refractivity contribution in [1.29, 1.82) is 0 Å². The highest BCUT2D eigenvalue weighted by Crippen LogP contribution is 2.02. The van der Waals surface area contributed by atoms with Gasteiger partial charge in [-0.05, 0) is 30.2 Å². The molecular weight excluding hydrogens is 390 g/mol. The van der Waals surface area contributed by atoms with Crippen molar-refractivity contribution in [1.82, 2.24) is 0 Å². The van der Waals surface area contributed by atoms with Gasteiger partial charge in [-0.1, -0.05) is 58.0 Å². The van der Waals surface area contributed by atoms with Gasteiger partial charge >= 0.3 is 17.9 Å². The van der Waals surface area contributed by atoms with Crippen molar-refractivity contribution >= 4 is 17.9 Å². The number of rotatable bonds is 8. The third-order valence-electron chi connectivity index (χ3n) is 3.85. The minimum atomic E-state index is -0.931. The van der Waals surface area contributed by atoms with Gasteiger partial charge in [0.1, 0.15) is 18.1 Å². The number of nitrogens with two attached hydrogens (primary N) is 3. The lowest BCUT2D eigenvalue weighted by Crippen LogP contribution is -2.34. The van der Waals surface area contributed by atoms with Crippen LogP contribution in [0, 0.1) is 11.8 Å². The van der Waals surface area contributed by atoms with Gasteiger partial charge in [0, 0.05) is 0 Å². The Morgan fingerprint density at radius 3 is 1.67 bits per heavy atom. The van der Waals surface area contributed by atoms with Crippen LogP contribution >= 0.6 is 0 Å². The highest BCUT2D eigenvalue weighted by molar-refractivity contribution is 5.75. The Kier molecular flexibility index (Phi) is 16.2. The third kappa shape index (κ3) is 15.4. The number of esters is 1. The Labute approximate surface area is 178 Å². The molecule has 0 heterocycles. The number of carbonyl (C=O) groups is 3. The number of carbonyl (C=O) groups excluding carboxylic acids is 1. The number of aliphatic carboxylic acids is 2. The Morgan fingerprint density at radius 1 is 0.900 bits per heavy atom. The second kappa shape index (κ2) is 16.3. The minimum absolute atomic E-state index is 0.0208. The summed E-state index contributed by atoms with van der Waals surface area (Å²) in [5.74, 6) is -1.84. The second-order valence-corrected chi connectivity index (χ2v) is 7.50. The summed E-state index contributed by atoms with van der Waals surface area (Å²) in [7, 11) is 1.34. The van der Waals surface area contributed by atoms with E-state index in [1.807, 2.05) is 44.2 Å². The molecule has 0 radical (unpaired) electrons. The van der Waals surface area contributed by atoms with Crippen LogP contribution in [0.25, 0.3) is 0 Å². The maximum absolute atomic E-state index is 11.0. The van der Waals surface area contributed by atoms with Gasteiger partial charge < -0.3 is 32.2 Å². The number of benzene rings is 1. The average molecular weight is 428 g/mol. The number of hydrogen-bond acceptors (Lipinski definition) is 7. The second-order valence-electron chi connectivity index (χ2n) is 7.50. The first-order valence-corrected chi connectivity index (χ1v) is 9.67. The molecule has 0 bridgehead atoms. The SMILES string of the molecule is CC(C)C[C@H](N)C(=O)O.CC(C)[C@H](N)C(=O)O.COC(=O)[C@@H](N)Cc1ccccc1. The number of hydrogen-bond donors (Lipinski definition) is 5. The number of carboxylic acids is 2. The molecule has 1 aromatic carbocycles. The highest BCUT2D eigenvalue weighted by Gasteiger charge is 2.15. The van der Waals surface area contributed by atoms with E-state index in [-0.39, 0.29) is 11.9 Å². The predicted octanol–water partition coefficient (Wildman–Crippen LogP) is 1.23. The van der Waals surface area contributed by atoms with Crippen LogP contribution in [-0.2, 0) is 25.5 Å². The molecule has 9 nitrogen and oxygen atoms in total. The van der Waals surface area contributed by atoms with Crippen molar-refractivity contribution < 1.29 is 29.3 Å². The third-order valence-corrected chi connectivity index (χ3v) is 3.85. The summed E-state index contributed by atoms with van der Waals surface area (Å²) in [4.78, 5) is 31.1. The molecule has 0 aliphatic carbocycles. The standard InChI is InChI=1S/C10H13NO2.C6H13NO2.C5H11NO2/c1-13-10(12)9(11)7-8-5-3-2-4-6-8;1-4(2)3-5(7)6(8)9;1-3(2)4(6)5(7)8/h2-6,9H,7,11H2,1H3;4-5H,3,7H2,1-2H3,(H,8,9);3-4H,6H2,1-2H3,(H,7,8)/t9-;5-;4-/m000/s1. The van der Waals surface area contributed by atoms with Gasteiger partial charge in [0.2, 0.25) is 0 Å². The topological polar surface area (TPSA) is 179 Å². The molecule has 0 aromatic heterocycles. The van der Waals surface area contributed by atoms with Gasteiger partial charge in [-0.3, -0.25) is 14.4 Å². The lowest BCUT2D eigenvalue weighted by molar-refractivity contribution is -0.142. The van der Waals surface area contributed by atoms with Crippen molar-refractivity contribution in [2.45, 2.75) is 58.7 Å². The molecule has 1 rings (SSSR count). The molecule has 0 aliphatic heterocycles. The number of methoxy groups -OCH3 is 1. The molecular formula is C21H37N3O6. The molecule has 172 valence electrons. The maximum Gasteiger partial charge on any atom is 0.322 e. The fourth-order valence-corrected chi connectivity index (χ4v) is 2.00. The van der Waals surface area contributed by atoms with Crippen LogP contribution in [0.3, 0.4) is 0 Å². The summed E-state index contributed by atoms with van der Waals surface area (Å²) < 4.78 is 4.52. The van der Waals surface area contributed by atoms with E-state index in [1.165, 1.54) is 7.11 Å². The average Bonchev–Trinajstić information content (AvgIpc) is 2.67. The molecule has 0 fully saturated rings. The highest BCUT2D eigenvalue weighted by atomic mass is 16.5. The van der Waals surface area contributed by atoms with E-state index < -0.39 is 30.1 Å². The summed E-state index contributed by atoms with van der Waals surface area (Å²) in [6, 6.07) is 7.66.